The lowest BCUT2D eigenvalue weighted by atomic mass is 9.81. The number of carboxylic acid groups (broad SMARTS) is 2. The van der Waals surface area contributed by atoms with Crippen LogP contribution in [0.3, 0.4) is 0 Å². The molecule has 4 rings (SSSR count). The Labute approximate surface area is 229 Å². The summed E-state index contributed by atoms with van der Waals surface area (Å²) in [4.78, 5) is 51.5. The number of aryl methyl sites for hydroxylation is 1. The zero-order valence-corrected chi connectivity index (χ0v) is 22.6. The standard InChI is InChI=1S/C28H30ClN3O7/c1-28(2,3)39-27(38)30-13-14-4-7-19(17(8-14)11-22(34)35)31-21(33)10-16-6-5-15-9-18(29)12-20-23(15)24(16)25(32-20)26(36)37/h4,7-9,12,16,32H,5-6,10-11,13H2,1-3H3,(H,30,38)(H,31,33)(H,34,35)(H,36,37). The van der Waals surface area contributed by atoms with Crippen LogP contribution in [0.1, 0.15) is 72.3 Å². The van der Waals surface area contributed by atoms with E-state index in [0.717, 1.165) is 10.9 Å². The van der Waals surface area contributed by atoms with E-state index >= 15 is 0 Å². The monoisotopic (exact) mass is 555 g/mol. The zero-order chi connectivity index (χ0) is 28.5. The maximum atomic E-state index is 13.1. The van der Waals surface area contributed by atoms with Crippen LogP contribution in [-0.2, 0) is 33.7 Å². The SMILES string of the molecule is CC(C)(C)OC(=O)NCc1ccc(NC(=O)CC2CCc3cc(Cl)cc4[nH]c(C(=O)O)c2c34)c(CC(=O)O)c1. The summed E-state index contributed by atoms with van der Waals surface area (Å²) in [5.41, 5.74) is 2.87. The number of halogens is 1. The van der Waals surface area contributed by atoms with E-state index in [-0.39, 0.29) is 36.9 Å². The Kier molecular flexibility index (Phi) is 7.87. The number of H-pyrrole nitrogens is 1. The fourth-order valence-electron chi connectivity index (χ4n) is 4.96. The number of anilines is 1. The van der Waals surface area contributed by atoms with Crippen LogP contribution < -0.4 is 10.6 Å². The van der Waals surface area contributed by atoms with Crippen molar-refractivity contribution >= 4 is 52.1 Å². The molecule has 0 saturated heterocycles. The highest BCUT2D eigenvalue weighted by molar-refractivity contribution is 6.31. The summed E-state index contributed by atoms with van der Waals surface area (Å²) < 4.78 is 5.22. The van der Waals surface area contributed by atoms with E-state index in [1.807, 2.05) is 6.07 Å². The Hall–Kier alpha value is -4.05. The smallest absolute Gasteiger partial charge is 0.407 e. The first kappa shape index (κ1) is 28.0. The van der Waals surface area contributed by atoms with E-state index in [0.29, 0.717) is 45.8 Å². The van der Waals surface area contributed by atoms with Gasteiger partial charge >= 0.3 is 18.0 Å². The van der Waals surface area contributed by atoms with Crippen molar-refractivity contribution in [3.05, 3.63) is 63.3 Å². The van der Waals surface area contributed by atoms with Gasteiger partial charge in [0, 0.05) is 34.6 Å². The lowest BCUT2D eigenvalue weighted by molar-refractivity contribution is -0.136. The van der Waals surface area contributed by atoms with Crippen molar-refractivity contribution in [1.82, 2.24) is 10.3 Å². The van der Waals surface area contributed by atoms with Gasteiger partial charge in [0.05, 0.1) is 6.42 Å². The number of carboxylic acids is 2. The lowest BCUT2D eigenvalue weighted by Crippen LogP contribution is -2.32. The second-order valence-corrected chi connectivity index (χ2v) is 11.0. The van der Waals surface area contributed by atoms with Crippen LogP contribution >= 0.6 is 11.6 Å². The topological polar surface area (TPSA) is 158 Å². The molecule has 11 heteroatoms. The van der Waals surface area contributed by atoms with Crippen molar-refractivity contribution in [3.63, 3.8) is 0 Å². The molecule has 206 valence electrons. The Morgan fingerprint density at radius 2 is 1.87 bits per heavy atom. The maximum Gasteiger partial charge on any atom is 0.407 e. The lowest BCUT2D eigenvalue weighted by Gasteiger charge is -2.23. The number of hydrogen-bond donors (Lipinski definition) is 5. The van der Waals surface area contributed by atoms with Crippen molar-refractivity contribution in [2.75, 3.05) is 5.32 Å². The number of aliphatic carboxylic acids is 1. The number of rotatable bonds is 8. The quantitative estimate of drug-likeness (QED) is 0.254. The van der Waals surface area contributed by atoms with Gasteiger partial charge < -0.3 is 30.6 Å². The molecule has 39 heavy (non-hydrogen) atoms. The van der Waals surface area contributed by atoms with Crippen LogP contribution in [0.25, 0.3) is 10.9 Å². The Balaban J connectivity index is 1.52. The van der Waals surface area contributed by atoms with Crippen LogP contribution in [0.2, 0.25) is 5.02 Å². The molecule has 0 spiro atoms. The Morgan fingerprint density at radius 3 is 2.54 bits per heavy atom. The third-order valence-electron chi connectivity index (χ3n) is 6.42. The molecule has 3 aromatic rings. The summed E-state index contributed by atoms with van der Waals surface area (Å²) in [6.45, 7) is 5.36. The highest BCUT2D eigenvalue weighted by Crippen LogP contribution is 2.42. The molecule has 1 unspecified atom stereocenters. The Bertz CT molecular complexity index is 1470. The second-order valence-electron chi connectivity index (χ2n) is 10.6. The highest BCUT2D eigenvalue weighted by atomic mass is 35.5. The summed E-state index contributed by atoms with van der Waals surface area (Å²) in [5.74, 6) is -2.91. The summed E-state index contributed by atoms with van der Waals surface area (Å²) >= 11 is 6.20. The summed E-state index contributed by atoms with van der Waals surface area (Å²) in [6.07, 6.45) is 0.280. The number of aromatic amines is 1. The number of carbonyl (C=O) groups is 4. The van der Waals surface area contributed by atoms with Gasteiger partial charge in [-0.05, 0) is 80.0 Å². The molecule has 2 aromatic carbocycles. The predicted octanol–water partition coefficient (Wildman–Crippen LogP) is 5.23. The van der Waals surface area contributed by atoms with E-state index in [2.05, 4.69) is 15.6 Å². The molecule has 1 aliphatic carbocycles. The third-order valence-corrected chi connectivity index (χ3v) is 6.64. The van der Waals surface area contributed by atoms with Crippen LogP contribution in [0, 0.1) is 0 Å². The molecule has 0 aliphatic heterocycles. The van der Waals surface area contributed by atoms with Gasteiger partial charge in [0.15, 0.2) is 0 Å². The average molecular weight is 556 g/mol. The molecule has 0 fully saturated rings. The second kappa shape index (κ2) is 11.0. The summed E-state index contributed by atoms with van der Waals surface area (Å²) in [6, 6.07) is 8.38. The molecule has 1 aliphatic rings. The first-order valence-electron chi connectivity index (χ1n) is 12.5. The number of ether oxygens (including phenoxy) is 1. The molecule has 10 nitrogen and oxygen atoms in total. The van der Waals surface area contributed by atoms with Gasteiger partial charge in [0.2, 0.25) is 5.91 Å². The molecule has 2 amide bonds. The fourth-order valence-corrected chi connectivity index (χ4v) is 5.20. The molecule has 0 bridgehead atoms. The van der Waals surface area contributed by atoms with Gasteiger partial charge in [0.25, 0.3) is 0 Å². The molecule has 0 radical (unpaired) electrons. The molecule has 1 heterocycles. The number of aromatic nitrogens is 1. The van der Waals surface area contributed by atoms with Gasteiger partial charge in [-0.15, -0.1) is 0 Å². The average Bonchev–Trinajstić information content (AvgIpc) is 3.20. The molecule has 0 saturated carbocycles. The minimum atomic E-state index is -1.12. The van der Waals surface area contributed by atoms with Crippen LogP contribution in [0.5, 0.6) is 0 Å². The van der Waals surface area contributed by atoms with Gasteiger partial charge in [-0.25, -0.2) is 9.59 Å². The van der Waals surface area contributed by atoms with Crippen molar-refractivity contribution in [1.29, 1.82) is 0 Å². The van der Waals surface area contributed by atoms with Gasteiger partial charge in [-0.1, -0.05) is 23.7 Å². The first-order chi connectivity index (χ1) is 18.3. The number of benzene rings is 2. The van der Waals surface area contributed by atoms with Crippen molar-refractivity contribution in [2.24, 2.45) is 0 Å². The minimum absolute atomic E-state index is 0.0176. The number of nitrogens with one attached hydrogen (secondary N) is 3. The zero-order valence-electron chi connectivity index (χ0n) is 21.8. The summed E-state index contributed by atoms with van der Waals surface area (Å²) in [7, 11) is 0. The van der Waals surface area contributed by atoms with Crippen LogP contribution in [0.15, 0.2) is 30.3 Å². The molecule has 1 aromatic heterocycles. The number of hydrogen-bond acceptors (Lipinski definition) is 5. The van der Waals surface area contributed by atoms with Crippen molar-refractivity contribution in [3.8, 4) is 0 Å². The minimum Gasteiger partial charge on any atom is -0.481 e. The molecule has 5 N–H and O–H groups in total. The van der Waals surface area contributed by atoms with Crippen LogP contribution in [-0.4, -0.2) is 44.7 Å². The van der Waals surface area contributed by atoms with Gasteiger partial charge in [-0.2, -0.15) is 0 Å². The van der Waals surface area contributed by atoms with E-state index in [1.165, 1.54) is 0 Å². The van der Waals surface area contributed by atoms with E-state index in [1.54, 1.807) is 45.0 Å². The summed E-state index contributed by atoms with van der Waals surface area (Å²) in [5, 5.41) is 25.9. The fraction of sp³-hybridized carbons (Fsp3) is 0.357. The molecule has 1 atom stereocenters. The van der Waals surface area contributed by atoms with Crippen molar-refractivity contribution in [2.45, 2.75) is 64.5 Å². The van der Waals surface area contributed by atoms with Gasteiger partial charge in [0.1, 0.15) is 11.3 Å². The van der Waals surface area contributed by atoms with E-state index in [9.17, 15) is 29.4 Å². The largest absolute Gasteiger partial charge is 0.481 e. The third kappa shape index (κ3) is 6.69. The van der Waals surface area contributed by atoms with Crippen LogP contribution in [0.4, 0.5) is 10.5 Å². The number of carbonyl (C=O) groups excluding carboxylic acids is 2. The normalized spacial score (nSPS) is 14.6. The molecular weight excluding hydrogens is 526 g/mol. The number of aromatic carboxylic acids is 1. The highest BCUT2D eigenvalue weighted by Gasteiger charge is 2.31. The maximum absolute atomic E-state index is 13.1. The Morgan fingerprint density at radius 1 is 1.13 bits per heavy atom. The number of alkyl carbamates (subject to hydrolysis) is 1. The first-order valence-corrected chi connectivity index (χ1v) is 12.9. The molecular formula is C28H30ClN3O7. The van der Waals surface area contributed by atoms with Crippen molar-refractivity contribution < 1.29 is 34.1 Å². The van der Waals surface area contributed by atoms with Gasteiger partial charge in [-0.3, -0.25) is 9.59 Å². The van der Waals surface area contributed by atoms with E-state index in [4.69, 9.17) is 16.3 Å². The van der Waals surface area contributed by atoms with E-state index < -0.39 is 23.6 Å². The predicted molar refractivity (Wildman–Crippen MR) is 145 cm³/mol. The number of amides is 2.